The summed E-state index contributed by atoms with van der Waals surface area (Å²) in [7, 11) is 0. The van der Waals surface area contributed by atoms with Crippen molar-refractivity contribution in [1.29, 1.82) is 0 Å². The van der Waals surface area contributed by atoms with Crippen molar-refractivity contribution in [2.24, 2.45) is 11.8 Å². The van der Waals surface area contributed by atoms with Crippen LogP contribution < -0.4 is 5.32 Å². The van der Waals surface area contributed by atoms with E-state index in [1.54, 1.807) is 0 Å². The molecule has 0 radical (unpaired) electrons. The van der Waals surface area contributed by atoms with Gasteiger partial charge in [0.15, 0.2) is 0 Å². The maximum absolute atomic E-state index is 5.82. The number of hydrogen-bond donors (Lipinski definition) is 1. The summed E-state index contributed by atoms with van der Waals surface area (Å²) in [6, 6.07) is 3.96. The van der Waals surface area contributed by atoms with Crippen molar-refractivity contribution in [3.05, 3.63) is 35.1 Å². The Morgan fingerprint density at radius 1 is 1.29 bits per heavy atom. The van der Waals surface area contributed by atoms with Crippen molar-refractivity contribution in [3.63, 3.8) is 0 Å². The van der Waals surface area contributed by atoms with E-state index in [-0.39, 0.29) is 0 Å². The molecular weight excluding hydrogens is 232 g/mol. The van der Waals surface area contributed by atoms with Crippen LogP contribution in [-0.4, -0.2) is 18.1 Å². The number of nitrogens with zero attached hydrogens (tertiary/aromatic N) is 1. The normalized spacial score (nSPS) is 28.4. The van der Waals surface area contributed by atoms with Crippen molar-refractivity contribution in [2.75, 3.05) is 13.1 Å². The Kier molecular flexibility index (Phi) is 3.17. The quantitative estimate of drug-likeness (QED) is 0.773. The van der Waals surface area contributed by atoms with Gasteiger partial charge in [0.05, 0.1) is 0 Å². The lowest BCUT2D eigenvalue weighted by Gasteiger charge is -2.34. The molecule has 1 N–H and O–H groups in total. The fourth-order valence-electron chi connectivity index (χ4n) is 2.98. The van der Waals surface area contributed by atoms with Gasteiger partial charge in [-0.25, -0.2) is 4.98 Å². The van der Waals surface area contributed by atoms with Crippen molar-refractivity contribution >= 4 is 17.2 Å². The number of halogens is 1. The zero-order valence-electron chi connectivity index (χ0n) is 9.82. The Labute approximate surface area is 107 Å². The lowest BCUT2D eigenvalue weighted by Crippen LogP contribution is -2.37. The Bertz CT molecular complexity index is 424. The third-order valence-electron chi connectivity index (χ3n) is 3.98. The van der Waals surface area contributed by atoms with Gasteiger partial charge in [0.1, 0.15) is 5.15 Å². The van der Waals surface area contributed by atoms with Crippen molar-refractivity contribution in [2.45, 2.75) is 19.3 Å². The van der Waals surface area contributed by atoms with Crippen LogP contribution in [0.3, 0.4) is 0 Å². The van der Waals surface area contributed by atoms with E-state index in [2.05, 4.69) is 22.4 Å². The summed E-state index contributed by atoms with van der Waals surface area (Å²) < 4.78 is 0. The van der Waals surface area contributed by atoms with Gasteiger partial charge in [-0.2, -0.15) is 0 Å². The summed E-state index contributed by atoms with van der Waals surface area (Å²) in [4.78, 5) is 4.17. The summed E-state index contributed by atoms with van der Waals surface area (Å²) in [6.45, 7) is 2.32. The Morgan fingerprint density at radius 3 is 3.06 bits per heavy atom. The largest absolute Gasteiger partial charge is 0.316 e. The maximum atomic E-state index is 5.82. The zero-order valence-corrected chi connectivity index (χ0v) is 10.6. The molecule has 2 aliphatic rings. The molecule has 0 aromatic carbocycles. The fraction of sp³-hybridized carbons (Fsp3) is 0.500. The molecule has 0 spiro atoms. The van der Waals surface area contributed by atoms with Gasteiger partial charge in [-0.15, -0.1) is 0 Å². The van der Waals surface area contributed by atoms with Gasteiger partial charge in [0, 0.05) is 12.7 Å². The third kappa shape index (κ3) is 2.38. The van der Waals surface area contributed by atoms with Crippen LogP contribution in [0.1, 0.15) is 24.8 Å². The SMILES string of the molecule is Clc1ccc(C2=C[C@@H]3CNCC[C@@H]3CC2)cn1. The molecule has 1 aliphatic heterocycles. The highest BCUT2D eigenvalue weighted by Crippen LogP contribution is 2.36. The predicted molar refractivity (Wildman–Crippen MR) is 70.9 cm³/mol. The molecule has 3 heteroatoms. The lowest BCUT2D eigenvalue weighted by atomic mass is 9.76. The molecule has 0 amide bonds. The smallest absolute Gasteiger partial charge is 0.129 e. The highest BCUT2D eigenvalue weighted by Gasteiger charge is 2.27. The summed E-state index contributed by atoms with van der Waals surface area (Å²) in [5.41, 5.74) is 2.68. The molecule has 0 unspecified atom stereocenters. The number of hydrogen-bond acceptors (Lipinski definition) is 2. The van der Waals surface area contributed by atoms with E-state index in [0.717, 1.165) is 12.5 Å². The average molecular weight is 249 g/mol. The molecule has 1 fully saturated rings. The molecule has 1 aromatic rings. The van der Waals surface area contributed by atoms with Crippen LogP contribution in [0.15, 0.2) is 24.4 Å². The number of aromatic nitrogens is 1. The molecule has 3 rings (SSSR count). The first-order valence-corrected chi connectivity index (χ1v) is 6.74. The van der Waals surface area contributed by atoms with E-state index in [1.807, 2.05) is 12.3 Å². The summed E-state index contributed by atoms with van der Waals surface area (Å²) in [5, 5.41) is 4.06. The summed E-state index contributed by atoms with van der Waals surface area (Å²) in [6.07, 6.45) is 8.18. The van der Waals surface area contributed by atoms with Crippen LogP contribution in [0.5, 0.6) is 0 Å². The van der Waals surface area contributed by atoms with E-state index in [4.69, 9.17) is 11.6 Å². The fourth-order valence-corrected chi connectivity index (χ4v) is 3.09. The van der Waals surface area contributed by atoms with Gasteiger partial charge >= 0.3 is 0 Å². The second-order valence-corrected chi connectivity index (χ2v) is 5.40. The van der Waals surface area contributed by atoms with Crippen LogP contribution in [0.2, 0.25) is 5.15 Å². The first-order valence-electron chi connectivity index (χ1n) is 6.36. The Balaban J connectivity index is 1.84. The van der Waals surface area contributed by atoms with Gasteiger partial charge < -0.3 is 5.32 Å². The average Bonchev–Trinajstić information content (AvgIpc) is 2.39. The van der Waals surface area contributed by atoms with E-state index < -0.39 is 0 Å². The second kappa shape index (κ2) is 4.79. The van der Waals surface area contributed by atoms with Gasteiger partial charge in [0.2, 0.25) is 0 Å². The molecule has 1 aliphatic carbocycles. The maximum Gasteiger partial charge on any atom is 0.129 e. The molecule has 1 saturated heterocycles. The Hall–Kier alpha value is -0.860. The molecule has 90 valence electrons. The van der Waals surface area contributed by atoms with Crippen LogP contribution in [0.25, 0.3) is 5.57 Å². The second-order valence-electron chi connectivity index (χ2n) is 5.02. The van der Waals surface area contributed by atoms with E-state index in [1.165, 1.54) is 36.9 Å². The molecule has 2 heterocycles. The van der Waals surface area contributed by atoms with Crippen LogP contribution in [0, 0.1) is 11.8 Å². The molecule has 0 bridgehead atoms. The first kappa shape index (κ1) is 11.2. The van der Waals surface area contributed by atoms with E-state index in [9.17, 15) is 0 Å². The van der Waals surface area contributed by atoms with Gasteiger partial charge in [0.25, 0.3) is 0 Å². The van der Waals surface area contributed by atoms with E-state index in [0.29, 0.717) is 11.1 Å². The minimum Gasteiger partial charge on any atom is -0.316 e. The number of fused-ring (bicyclic) bond motifs is 1. The standard InChI is InChI=1S/C14H17ClN2/c15-14-4-3-12(9-17-14)11-2-1-10-5-6-16-8-13(10)7-11/h3-4,7,9-10,13,16H,1-2,5-6,8H2/t10-,13+/m0/s1. The third-order valence-corrected chi connectivity index (χ3v) is 4.20. The van der Waals surface area contributed by atoms with Crippen molar-refractivity contribution in [3.8, 4) is 0 Å². The molecule has 2 nitrogen and oxygen atoms in total. The molecule has 17 heavy (non-hydrogen) atoms. The highest BCUT2D eigenvalue weighted by atomic mass is 35.5. The Morgan fingerprint density at radius 2 is 2.24 bits per heavy atom. The van der Waals surface area contributed by atoms with Crippen LogP contribution >= 0.6 is 11.6 Å². The van der Waals surface area contributed by atoms with Crippen molar-refractivity contribution < 1.29 is 0 Å². The molecule has 2 atom stereocenters. The first-order chi connectivity index (χ1) is 8.33. The van der Waals surface area contributed by atoms with Crippen LogP contribution in [-0.2, 0) is 0 Å². The highest BCUT2D eigenvalue weighted by molar-refractivity contribution is 6.29. The summed E-state index contributed by atoms with van der Waals surface area (Å²) >= 11 is 5.82. The summed E-state index contributed by atoms with van der Waals surface area (Å²) in [5.74, 6) is 1.60. The topological polar surface area (TPSA) is 24.9 Å². The van der Waals surface area contributed by atoms with Gasteiger partial charge in [-0.1, -0.05) is 23.7 Å². The minimum absolute atomic E-state index is 0.572. The molecular formula is C14H17ClN2. The zero-order chi connectivity index (χ0) is 11.7. The number of rotatable bonds is 1. The van der Waals surface area contributed by atoms with Gasteiger partial charge in [-0.05, 0) is 54.8 Å². The van der Waals surface area contributed by atoms with E-state index >= 15 is 0 Å². The number of nitrogens with one attached hydrogen (secondary N) is 1. The van der Waals surface area contributed by atoms with Crippen molar-refractivity contribution in [1.82, 2.24) is 10.3 Å². The number of pyridine rings is 1. The monoisotopic (exact) mass is 248 g/mol. The number of allylic oxidation sites excluding steroid dienone is 1. The lowest BCUT2D eigenvalue weighted by molar-refractivity contribution is 0.279. The minimum atomic E-state index is 0.572. The van der Waals surface area contributed by atoms with Gasteiger partial charge in [-0.3, -0.25) is 0 Å². The molecule has 0 saturated carbocycles. The molecule has 1 aromatic heterocycles. The number of piperidine rings is 1. The van der Waals surface area contributed by atoms with Crippen LogP contribution in [0.4, 0.5) is 0 Å². The predicted octanol–water partition coefficient (Wildman–Crippen LogP) is 3.14.